The summed E-state index contributed by atoms with van der Waals surface area (Å²) in [6.45, 7) is 0. The Morgan fingerprint density at radius 3 is 2.55 bits per heavy atom. The van der Waals surface area contributed by atoms with Crippen LogP contribution in [0.4, 0.5) is 5.69 Å². The number of hydrogen-bond donors (Lipinski definition) is 1. The van der Waals surface area contributed by atoms with Gasteiger partial charge in [-0.2, -0.15) is 5.26 Å². The Morgan fingerprint density at radius 2 is 1.85 bits per heavy atom. The summed E-state index contributed by atoms with van der Waals surface area (Å²) >= 11 is 0. The molecule has 20 heavy (non-hydrogen) atoms. The Bertz CT molecular complexity index is 802. The van der Waals surface area contributed by atoms with E-state index in [-0.39, 0.29) is 0 Å². The fraction of sp³-hybridized carbons (Fsp3) is 0.0588. The highest BCUT2D eigenvalue weighted by Crippen LogP contribution is 2.29. The van der Waals surface area contributed by atoms with Crippen LogP contribution in [0.1, 0.15) is 5.56 Å². The summed E-state index contributed by atoms with van der Waals surface area (Å²) in [7, 11) is 1.82. The van der Waals surface area contributed by atoms with Crippen LogP contribution < -0.4 is 5.32 Å². The molecular formula is C17H13N3. The molecule has 0 aliphatic rings. The average Bonchev–Trinajstić information content (AvgIpc) is 2.54. The minimum Gasteiger partial charge on any atom is -0.386 e. The van der Waals surface area contributed by atoms with Crippen LogP contribution in [0.5, 0.6) is 0 Å². The Morgan fingerprint density at radius 1 is 1.05 bits per heavy atom. The first-order valence-corrected chi connectivity index (χ1v) is 6.39. The van der Waals surface area contributed by atoms with Gasteiger partial charge in [0.15, 0.2) is 0 Å². The van der Waals surface area contributed by atoms with Gasteiger partial charge in [0.25, 0.3) is 0 Å². The number of nitrogens with one attached hydrogen (secondary N) is 1. The van der Waals surface area contributed by atoms with Crippen LogP contribution >= 0.6 is 0 Å². The molecule has 0 amide bonds. The van der Waals surface area contributed by atoms with Crippen molar-refractivity contribution in [1.29, 1.82) is 5.26 Å². The summed E-state index contributed by atoms with van der Waals surface area (Å²) in [5, 5.41) is 13.2. The number of rotatable bonds is 2. The van der Waals surface area contributed by atoms with Crippen molar-refractivity contribution in [2.24, 2.45) is 0 Å². The molecule has 1 N–H and O–H groups in total. The second-order valence-electron chi connectivity index (χ2n) is 4.51. The number of hydrogen-bond acceptors (Lipinski definition) is 3. The Hall–Kier alpha value is -2.86. The van der Waals surface area contributed by atoms with E-state index in [1.807, 2.05) is 31.3 Å². The fourth-order valence-corrected chi connectivity index (χ4v) is 2.36. The van der Waals surface area contributed by atoms with Crippen LogP contribution in [-0.2, 0) is 0 Å². The Kier molecular flexibility index (Phi) is 3.06. The first kappa shape index (κ1) is 12.2. The lowest BCUT2D eigenvalue weighted by molar-refractivity contribution is 1.35. The lowest BCUT2D eigenvalue weighted by atomic mass is 10.0. The maximum absolute atomic E-state index is 9.17. The molecule has 3 aromatic rings. The van der Waals surface area contributed by atoms with Gasteiger partial charge in [-0.1, -0.05) is 36.4 Å². The van der Waals surface area contributed by atoms with Gasteiger partial charge in [0.2, 0.25) is 0 Å². The highest BCUT2D eigenvalue weighted by molar-refractivity contribution is 5.96. The monoisotopic (exact) mass is 259 g/mol. The number of pyridine rings is 1. The van der Waals surface area contributed by atoms with Crippen molar-refractivity contribution in [2.45, 2.75) is 0 Å². The quantitative estimate of drug-likeness (QED) is 0.761. The van der Waals surface area contributed by atoms with E-state index in [0.717, 1.165) is 27.7 Å². The standard InChI is InChI=1S/C17H13N3/c1-19-17-14(10-18)11-20-16-8-7-13(9-15(16)17)12-5-3-2-4-6-12/h2-9,11H,1H3,(H,19,20). The molecule has 0 aliphatic heterocycles. The topological polar surface area (TPSA) is 48.7 Å². The van der Waals surface area contributed by atoms with Gasteiger partial charge in [-0.05, 0) is 23.3 Å². The van der Waals surface area contributed by atoms with Crippen LogP contribution in [0.25, 0.3) is 22.0 Å². The minimum atomic E-state index is 0.560. The molecule has 0 bridgehead atoms. The van der Waals surface area contributed by atoms with Gasteiger partial charge >= 0.3 is 0 Å². The molecule has 0 atom stereocenters. The summed E-state index contributed by atoms with van der Waals surface area (Å²) in [6.07, 6.45) is 1.61. The van der Waals surface area contributed by atoms with E-state index in [0.29, 0.717) is 5.56 Å². The maximum atomic E-state index is 9.17. The third-order valence-electron chi connectivity index (χ3n) is 3.35. The van der Waals surface area contributed by atoms with Gasteiger partial charge in [-0.15, -0.1) is 0 Å². The van der Waals surface area contributed by atoms with Gasteiger partial charge in [0.1, 0.15) is 6.07 Å². The van der Waals surface area contributed by atoms with Crippen molar-refractivity contribution in [1.82, 2.24) is 4.98 Å². The minimum absolute atomic E-state index is 0.560. The van der Waals surface area contributed by atoms with Crippen LogP contribution in [0, 0.1) is 11.3 Å². The molecular weight excluding hydrogens is 246 g/mol. The lowest BCUT2D eigenvalue weighted by Gasteiger charge is -2.09. The van der Waals surface area contributed by atoms with Crippen molar-refractivity contribution in [3.05, 3.63) is 60.3 Å². The van der Waals surface area contributed by atoms with Crippen molar-refractivity contribution < 1.29 is 0 Å². The highest BCUT2D eigenvalue weighted by atomic mass is 14.8. The van der Waals surface area contributed by atoms with E-state index in [1.165, 1.54) is 0 Å². The predicted molar refractivity (Wildman–Crippen MR) is 81.4 cm³/mol. The first-order chi connectivity index (χ1) is 9.83. The summed E-state index contributed by atoms with van der Waals surface area (Å²) in [5.41, 5.74) is 4.54. The summed E-state index contributed by atoms with van der Waals surface area (Å²) < 4.78 is 0. The van der Waals surface area contributed by atoms with E-state index in [9.17, 15) is 0 Å². The molecule has 0 unspecified atom stereocenters. The molecule has 0 saturated heterocycles. The lowest BCUT2D eigenvalue weighted by Crippen LogP contribution is -1.95. The second kappa shape index (κ2) is 5.02. The molecule has 1 heterocycles. The normalized spacial score (nSPS) is 10.2. The van der Waals surface area contributed by atoms with Gasteiger partial charge in [-0.25, -0.2) is 0 Å². The van der Waals surface area contributed by atoms with Crippen LogP contribution in [0.3, 0.4) is 0 Å². The fourth-order valence-electron chi connectivity index (χ4n) is 2.36. The predicted octanol–water partition coefficient (Wildman–Crippen LogP) is 3.82. The number of benzene rings is 2. The molecule has 0 fully saturated rings. The molecule has 3 heteroatoms. The van der Waals surface area contributed by atoms with Crippen LogP contribution in [-0.4, -0.2) is 12.0 Å². The smallest absolute Gasteiger partial charge is 0.103 e. The van der Waals surface area contributed by atoms with Crippen LogP contribution in [0.15, 0.2) is 54.7 Å². The van der Waals surface area contributed by atoms with Gasteiger partial charge < -0.3 is 5.32 Å². The summed E-state index contributed by atoms with van der Waals surface area (Å²) in [5.74, 6) is 0. The number of fused-ring (bicyclic) bond motifs is 1. The van der Waals surface area contributed by atoms with Crippen molar-refractivity contribution in [2.75, 3.05) is 12.4 Å². The van der Waals surface area contributed by atoms with E-state index < -0.39 is 0 Å². The molecule has 0 saturated carbocycles. The third kappa shape index (κ3) is 1.98. The molecule has 0 spiro atoms. The number of nitrogens with zero attached hydrogens (tertiary/aromatic N) is 2. The van der Waals surface area contributed by atoms with E-state index in [4.69, 9.17) is 5.26 Å². The van der Waals surface area contributed by atoms with Crippen molar-refractivity contribution in [3.8, 4) is 17.2 Å². The first-order valence-electron chi connectivity index (χ1n) is 6.39. The maximum Gasteiger partial charge on any atom is 0.103 e. The summed E-state index contributed by atoms with van der Waals surface area (Å²) in [4.78, 5) is 4.33. The van der Waals surface area contributed by atoms with E-state index in [1.54, 1.807) is 6.20 Å². The van der Waals surface area contributed by atoms with Gasteiger partial charge in [-0.3, -0.25) is 4.98 Å². The number of anilines is 1. The van der Waals surface area contributed by atoms with E-state index >= 15 is 0 Å². The zero-order chi connectivity index (χ0) is 13.9. The van der Waals surface area contributed by atoms with Crippen LogP contribution in [0.2, 0.25) is 0 Å². The summed E-state index contributed by atoms with van der Waals surface area (Å²) in [6, 6.07) is 18.5. The van der Waals surface area contributed by atoms with Gasteiger partial charge in [0, 0.05) is 18.6 Å². The van der Waals surface area contributed by atoms with Crippen molar-refractivity contribution >= 4 is 16.6 Å². The molecule has 0 radical (unpaired) electrons. The molecule has 3 nitrogen and oxygen atoms in total. The average molecular weight is 259 g/mol. The molecule has 3 rings (SSSR count). The molecule has 0 aliphatic carbocycles. The second-order valence-corrected chi connectivity index (χ2v) is 4.51. The molecule has 1 aromatic heterocycles. The zero-order valence-corrected chi connectivity index (χ0v) is 11.1. The zero-order valence-electron chi connectivity index (χ0n) is 11.1. The van der Waals surface area contributed by atoms with Gasteiger partial charge in [0.05, 0.1) is 16.8 Å². The molecule has 96 valence electrons. The molecule has 2 aromatic carbocycles. The Labute approximate surface area is 117 Å². The van der Waals surface area contributed by atoms with E-state index in [2.05, 4.69) is 40.6 Å². The number of nitriles is 1. The SMILES string of the molecule is CNc1c(C#N)cnc2ccc(-c3ccccc3)cc12. The Balaban J connectivity index is 2.27. The third-order valence-corrected chi connectivity index (χ3v) is 3.35. The highest BCUT2D eigenvalue weighted by Gasteiger charge is 2.08. The van der Waals surface area contributed by atoms with Crippen molar-refractivity contribution in [3.63, 3.8) is 0 Å². The number of aromatic nitrogens is 1. The largest absolute Gasteiger partial charge is 0.386 e.